The zero-order valence-corrected chi connectivity index (χ0v) is 11.9. The lowest BCUT2D eigenvalue weighted by Crippen LogP contribution is -2.25. The van der Waals surface area contributed by atoms with Crippen molar-refractivity contribution in [2.45, 2.75) is 13.5 Å². The van der Waals surface area contributed by atoms with Gasteiger partial charge in [-0.3, -0.25) is 4.79 Å². The van der Waals surface area contributed by atoms with Crippen LogP contribution < -0.4 is 11.1 Å². The summed E-state index contributed by atoms with van der Waals surface area (Å²) >= 11 is 0. The van der Waals surface area contributed by atoms with E-state index in [9.17, 15) is 4.79 Å². The van der Waals surface area contributed by atoms with E-state index >= 15 is 0 Å². The summed E-state index contributed by atoms with van der Waals surface area (Å²) < 4.78 is 0. The SMILES string of the molecule is Cc1cccc2c(C(=O)NCc3ncccn3)nc(N)nc12. The maximum atomic E-state index is 12.4. The van der Waals surface area contributed by atoms with E-state index in [4.69, 9.17) is 5.73 Å². The molecule has 3 aromatic rings. The van der Waals surface area contributed by atoms with Gasteiger partial charge in [-0.15, -0.1) is 0 Å². The third kappa shape index (κ3) is 2.69. The standard InChI is InChI=1S/C15H14N6O/c1-9-4-2-5-10-12(9)20-15(16)21-13(10)14(22)19-8-11-17-6-3-7-18-11/h2-7H,8H2,1H3,(H,19,22)(H2,16,20,21). The quantitative estimate of drug-likeness (QED) is 0.752. The summed E-state index contributed by atoms with van der Waals surface area (Å²) in [6.07, 6.45) is 3.24. The van der Waals surface area contributed by atoms with Crippen molar-refractivity contribution in [1.29, 1.82) is 0 Å². The van der Waals surface area contributed by atoms with Crippen molar-refractivity contribution in [1.82, 2.24) is 25.3 Å². The van der Waals surface area contributed by atoms with Crippen LogP contribution in [0.1, 0.15) is 21.9 Å². The largest absolute Gasteiger partial charge is 0.368 e. The smallest absolute Gasteiger partial charge is 0.271 e. The van der Waals surface area contributed by atoms with Crippen molar-refractivity contribution >= 4 is 22.8 Å². The van der Waals surface area contributed by atoms with E-state index in [1.807, 2.05) is 19.1 Å². The number of para-hydroxylation sites is 1. The Morgan fingerprint density at radius 3 is 2.73 bits per heavy atom. The Hall–Kier alpha value is -3.09. The molecular formula is C15H14N6O. The minimum Gasteiger partial charge on any atom is -0.368 e. The van der Waals surface area contributed by atoms with Crippen LogP contribution in [0.3, 0.4) is 0 Å². The van der Waals surface area contributed by atoms with E-state index in [1.54, 1.807) is 24.5 Å². The fourth-order valence-corrected chi connectivity index (χ4v) is 2.15. The number of rotatable bonds is 3. The predicted molar refractivity (Wildman–Crippen MR) is 81.9 cm³/mol. The molecule has 0 aliphatic rings. The van der Waals surface area contributed by atoms with E-state index in [0.29, 0.717) is 16.7 Å². The lowest BCUT2D eigenvalue weighted by atomic mass is 10.1. The highest BCUT2D eigenvalue weighted by atomic mass is 16.1. The molecule has 0 unspecified atom stereocenters. The number of amides is 1. The maximum absolute atomic E-state index is 12.4. The van der Waals surface area contributed by atoms with Crippen molar-refractivity contribution in [3.63, 3.8) is 0 Å². The van der Waals surface area contributed by atoms with E-state index in [2.05, 4.69) is 25.3 Å². The Morgan fingerprint density at radius 2 is 1.95 bits per heavy atom. The summed E-state index contributed by atoms with van der Waals surface area (Å²) in [6.45, 7) is 2.13. The van der Waals surface area contributed by atoms with Crippen molar-refractivity contribution in [3.05, 3.63) is 53.7 Å². The van der Waals surface area contributed by atoms with Crippen LogP contribution >= 0.6 is 0 Å². The molecule has 0 radical (unpaired) electrons. The number of aromatic nitrogens is 4. The van der Waals surface area contributed by atoms with Gasteiger partial charge in [0.2, 0.25) is 5.95 Å². The molecule has 7 heteroatoms. The minimum atomic E-state index is -0.336. The summed E-state index contributed by atoms with van der Waals surface area (Å²) in [6, 6.07) is 7.28. The van der Waals surface area contributed by atoms with Gasteiger partial charge >= 0.3 is 0 Å². The second-order valence-corrected chi connectivity index (χ2v) is 4.75. The molecular weight excluding hydrogens is 280 g/mol. The van der Waals surface area contributed by atoms with Crippen LogP contribution in [-0.2, 0) is 6.54 Å². The first-order valence-electron chi connectivity index (χ1n) is 6.72. The van der Waals surface area contributed by atoms with Gasteiger partial charge in [-0.05, 0) is 18.6 Å². The number of carbonyl (C=O) groups excluding carboxylic acids is 1. The molecule has 0 bridgehead atoms. The van der Waals surface area contributed by atoms with Crippen molar-refractivity contribution in [3.8, 4) is 0 Å². The van der Waals surface area contributed by atoms with E-state index in [0.717, 1.165) is 5.56 Å². The number of carbonyl (C=O) groups is 1. The maximum Gasteiger partial charge on any atom is 0.271 e. The van der Waals surface area contributed by atoms with Crippen LogP contribution in [0.25, 0.3) is 10.9 Å². The number of benzene rings is 1. The van der Waals surface area contributed by atoms with Gasteiger partial charge in [-0.1, -0.05) is 18.2 Å². The lowest BCUT2D eigenvalue weighted by molar-refractivity contribution is 0.0946. The summed E-state index contributed by atoms with van der Waals surface area (Å²) in [7, 11) is 0. The number of nitrogen functional groups attached to an aromatic ring is 1. The van der Waals surface area contributed by atoms with Gasteiger partial charge in [0.15, 0.2) is 0 Å². The third-order valence-electron chi connectivity index (χ3n) is 3.19. The summed E-state index contributed by atoms with van der Waals surface area (Å²) in [5, 5.41) is 3.41. The average Bonchev–Trinajstić information content (AvgIpc) is 2.54. The van der Waals surface area contributed by atoms with Gasteiger partial charge in [0.25, 0.3) is 5.91 Å². The molecule has 0 fully saturated rings. The molecule has 3 rings (SSSR count). The Balaban J connectivity index is 1.92. The summed E-state index contributed by atoms with van der Waals surface area (Å²) in [4.78, 5) is 28.8. The van der Waals surface area contributed by atoms with Crippen molar-refractivity contribution in [2.24, 2.45) is 0 Å². The highest BCUT2D eigenvalue weighted by Gasteiger charge is 2.15. The zero-order valence-electron chi connectivity index (χ0n) is 11.9. The Morgan fingerprint density at radius 1 is 1.18 bits per heavy atom. The number of aryl methyl sites for hydroxylation is 1. The Bertz CT molecular complexity index is 834. The molecule has 110 valence electrons. The molecule has 1 amide bonds. The zero-order chi connectivity index (χ0) is 15.5. The molecule has 7 nitrogen and oxygen atoms in total. The predicted octanol–water partition coefficient (Wildman–Crippen LogP) is 1.24. The number of hydrogen-bond donors (Lipinski definition) is 2. The van der Waals surface area contributed by atoms with Gasteiger partial charge in [0.05, 0.1) is 12.1 Å². The second-order valence-electron chi connectivity index (χ2n) is 4.75. The van der Waals surface area contributed by atoms with Gasteiger partial charge in [0.1, 0.15) is 11.5 Å². The number of fused-ring (bicyclic) bond motifs is 1. The second kappa shape index (κ2) is 5.72. The minimum absolute atomic E-state index is 0.0721. The van der Waals surface area contributed by atoms with Crippen LogP contribution in [0.4, 0.5) is 5.95 Å². The first-order chi connectivity index (χ1) is 10.6. The fraction of sp³-hybridized carbons (Fsp3) is 0.133. The first kappa shape index (κ1) is 13.9. The Labute approximate surface area is 126 Å². The van der Waals surface area contributed by atoms with E-state index in [1.165, 1.54) is 0 Å². The first-order valence-corrected chi connectivity index (χ1v) is 6.72. The number of nitrogens with two attached hydrogens (primary N) is 1. The molecule has 2 heterocycles. The average molecular weight is 294 g/mol. The van der Waals surface area contributed by atoms with Crippen LogP contribution in [0.2, 0.25) is 0 Å². The van der Waals surface area contributed by atoms with Crippen LogP contribution in [0, 0.1) is 6.92 Å². The molecule has 0 aliphatic carbocycles. The summed E-state index contributed by atoms with van der Waals surface area (Å²) in [5.41, 5.74) is 7.58. The molecule has 3 N–H and O–H groups in total. The monoisotopic (exact) mass is 294 g/mol. The number of nitrogens with zero attached hydrogens (tertiary/aromatic N) is 4. The van der Waals surface area contributed by atoms with Gasteiger partial charge < -0.3 is 11.1 Å². The summed E-state index contributed by atoms with van der Waals surface area (Å²) in [5.74, 6) is 0.262. The van der Waals surface area contributed by atoms with Gasteiger partial charge in [-0.2, -0.15) is 0 Å². The van der Waals surface area contributed by atoms with Crippen LogP contribution in [0.5, 0.6) is 0 Å². The molecule has 2 aromatic heterocycles. The molecule has 0 saturated heterocycles. The van der Waals surface area contributed by atoms with Crippen LogP contribution in [0.15, 0.2) is 36.7 Å². The molecule has 1 aromatic carbocycles. The number of hydrogen-bond acceptors (Lipinski definition) is 6. The molecule has 0 aliphatic heterocycles. The topological polar surface area (TPSA) is 107 Å². The van der Waals surface area contributed by atoms with Gasteiger partial charge in [0, 0.05) is 17.8 Å². The van der Waals surface area contributed by atoms with E-state index < -0.39 is 0 Å². The molecule has 0 spiro atoms. The van der Waals surface area contributed by atoms with Crippen molar-refractivity contribution in [2.75, 3.05) is 5.73 Å². The highest BCUT2D eigenvalue weighted by molar-refractivity contribution is 6.05. The third-order valence-corrected chi connectivity index (χ3v) is 3.19. The Kier molecular flexibility index (Phi) is 3.61. The fourth-order valence-electron chi connectivity index (χ4n) is 2.15. The lowest BCUT2D eigenvalue weighted by Gasteiger charge is -2.08. The number of anilines is 1. The van der Waals surface area contributed by atoms with Crippen LogP contribution in [-0.4, -0.2) is 25.8 Å². The van der Waals surface area contributed by atoms with Gasteiger partial charge in [-0.25, -0.2) is 19.9 Å². The molecule has 0 saturated carbocycles. The molecule has 0 atom stereocenters. The van der Waals surface area contributed by atoms with E-state index in [-0.39, 0.29) is 24.1 Å². The highest BCUT2D eigenvalue weighted by Crippen LogP contribution is 2.20. The van der Waals surface area contributed by atoms with Crippen molar-refractivity contribution < 1.29 is 4.79 Å². The normalized spacial score (nSPS) is 10.6. The molecule has 22 heavy (non-hydrogen) atoms. The number of nitrogens with one attached hydrogen (secondary N) is 1.